The van der Waals surface area contributed by atoms with E-state index >= 15 is 0 Å². The maximum Gasteiger partial charge on any atom is 0.144 e. The van der Waals surface area contributed by atoms with E-state index in [0.29, 0.717) is 23.0 Å². The number of piperidine rings is 1. The van der Waals surface area contributed by atoms with E-state index in [0.717, 1.165) is 32.5 Å². The fourth-order valence-electron chi connectivity index (χ4n) is 2.69. The fourth-order valence-corrected chi connectivity index (χ4v) is 3.06. The van der Waals surface area contributed by atoms with Crippen LogP contribution in [0, 0.1) is 17.6 Å². The smallest absolute Gasteiger partial charge is 0.144 e. The van der Waals surface area contributed by atoms with Gasteiger partial charge in [-0.05, 0) is 66.5 Å². The van der Waals surface area contributed by atoms with Crippen molar-refractivity contribution >= 4 is 15.9 Å². The van der Waals surface area contributed by atoms with Crippen LogP contribution in [0.15, 0.2) is 16.6 Å². The molecule has 1 heterocycles. The minimum absolute atomic E-state index is 0.170. The molecule has 0 radical (unpaired) electrons. The number of hydrogen-bond donors (Lipinski definition) is 1. The molecule has 1 N–H and O–H groups in total. The van der Waals surface area contributed by atoms with Gasteiger partial charge < -0.3 is 5.32 Å². The summed E-state index contributed by atoms with van der Waals surface area (Å²) in [6.07, 6.45) is 2.16. The third kappa shape index (κ3) is 4.73. The van der Waals surface area contributed by atoms with Crippen molar-refractivity contribution in [1.82, 2.24) is 10.2 Å². The van der Waals surface area contributed by atoms with Crippen molar-refractivity contribution in [3.63, 3.8) is 0 Å². The second-order valence-corrected chi connectivity index (χ2v) is 6.96. The highest BCUT2D eigenvalue weighted by atomic mass is 79.9. The molecule has 1 aromatic carbocycles. The molecule has 118 valence electrons. The van der Waals surface area contributed by atoms with E-state index in [2.05, 4.69) is 40.0 Å². The number of rotatable bonds is 5. The highest BCUT2D eigenvalue weighted by Gasteiger charge is 2.22. The van der Waals surface area contributed by atoms with Crippen LogP contribution in [0.3, 0.4) is 0 Å². The largest absolute Gasteiger partial charge is 0.314 e. The minimum Gasteiger partial charge on any atom is -0.314 e. The molecular formula is C16H23BrF2N2. The maximum absolute atomic E-state index is 14.0. The number of nitrogens with zero attached hydrogens (tertiary/aromatic N) is 1. The molecule has 0 unspecified atom stereocenters. The normalized spacial score (nSPS) is 17.6. The Morgan fingerprint density at radius 1 is 1.29 bits per heavy atom. The van der Waals surface area contributed by atoms with Crippen LogP contribution in [0.2, 0.25) is 0 Å². The van der Waals surface area contributed by atoms with Crippen molar-refractivity contribution in [2.24, 2.45) is 5.92 Å². The first-order chi connectivity index (χ1) is 9.97. The Morgan fingerprint density at radius 3 is 2.57 bits per heavy atom. The molecule has 1 saturated heterocycles. The van der Waals surface area contributed by atoms with E-state index in [4.69, 9.17) is 0 Å². The summed E-state index contributed by atoms with van der Waals surface area (Å²) < 4.78 is 28.1. The zero-order chi connectivity index (χ0) is 15.4. The average molecular weight is 361 g/mol. The number of benzene rings is 1. The third-order valence-electron chi connectivity index (χ3n) is 4.04. The van der Waals surface area contributed by atoms with E-state index in [9.17, 15) is 8.78 Å². The van der Waals surface area contributed by atoms with Gasteiger partial charge in [-0.25, -0.2) is 8.78 Å². The van der Waals surface area contributed by atoms with Crippen LogP contribution in [-0.4, -0.2) is 30.6 Å². The molecule has 1 fully saturated rings. The lowest BCUT2D eigenvalue weighted by Crippen LogP contribution is -2.38. The van der Waals surface area contributed by atoms with Crippen LogP contribution in [0.1, 0.15) is 32.3 Å². The van der Waals surface area contributed by atoms with Crippen LogP contribution in [0.25, 0.3) is 0 Å². The molecule has 0 saturated carbocycles. The highest BCUT2D eigenvalue weighted by molar-refractivity contribution is 9.10. The molecule has 1 aliphatic heterocycles. The van der Waals surface area contributed by atoms with E-state index in [1.807, 2.05) is 0 Å². The molecular weight excluding hydrogens is 338 g/mol. The first kappa shape index (κ1) is 16.8. The molecule has 1 aromatic rings. The molecule has 0 aromatic heterocycles. The summed E-state index contributed by atoms with van der Waals surface area (Å²) in [5.74, 6) is -0.265. The zero-order valence-corrected chi connectivity index (χ0v) is 14.2. The van der Waals surface area contributed by atoms with Gasteiger partial charge in [-0.15, -0.1) is 0 Å². The van der Waals surface area contributed by atoms with Gasteiger partial charge in [0.15, 0.2) is 0 Å². The number of halogens is 3. The predicted molar refractivity (Wildman–Crippen MR) is 85.2 cm³/mol. The highest BCUT2D eigenvalue weighted by Crippen LogP contribution is 2.25. The standard InChI is InChI=1S/C16H23BrF2N2/c1-11(2)20-9-12-5-7-21(8-6-12)10-13-15(18)4-3-14(17)16(13)19/h3-4,11-12,20H,5-10H2,1-2H3. The van der Waals surface area contributed by atoms with Crippen molar-refractivity contribution in [3.8, 4) is 0 Å². The van der Waals surface area contributed by atoms with E-state index in [1.54, 1.807) is 0 Å². The van der Waals surface area contributed by atoms with Gasteiger partial charge in [0.1, 0.15) is 11.6 Å². The van der Waals surface area contributed by atoms with Crippen molar-refractivity contribution in [1.29, 1.82) is 0 Å². The number of likely N-dealkylation sites (tertiary alicyclic amines) is 1. The van der Waals surface area contributed by atoms with Gasteiger partial charge in [0.25, 0.3) is 0 Å². The van der Waals surface area contributed by atoms with Gasteiger partial charge in [0, 0.05) is 18.2 Å². The van der Waals surface area contributed by atoms with Crippen molar-refractivity contribution in [2.75, 3.05) is 19.6 Å². The van der Waals surface area contributed by atoms with E-state index in [1.165, 1.54) is 12.1 Å². The summed E-state index contributed by atoms with van der Waals surface area (Å²) in [7, 11) is 0. The Hall–Kier alpha value is -0.520. The molecule has 0 spiro atoms. The Bertz CT molecular complexity index is 472. The quantitative estimate of drug-likeness (QED) is 0.800. The van der Waals surface area contributed by atoms with Gasteiger partial charge >= 0.3 is 0 Å². The second kappa shape index (κ2) is 7.65. The SMILES string of the molecule is CC(C)NCC1CCN(Cc2c(F)ccc(Br)c2F)CC1. The first-order valence-corrected chi connectivity index (χ1v) is 8.34. The Labute approximate surface area is 134 Å². The summed E-state index contributed by atoms with van der Waals surface area (Å²) in [6, 6.07) is 3.24. The lowest BCUT2D eigenvalue weighted by Gasteiger charge is -2.32. The van der Waals surface area contributed by atoms with Crippen LogP contribution in [0.4, 0.5) is 8.78 Å². The molecule has 0 amide bonds. The van der Waals surface area contributed by atoms with Gasteiger partial charge in [0.2, 0.25) is 0 Å². The van der Waals surface area contributed by atoms with Crippen LogP contribution < -0.4 is 5.32 Å². The molecule has 21 heavy (non-hydrogen) atoms. The maximum atomic E-state index is 14.0. The van der Waals surface area contributed by atoms with E-state index in [-0.39, 0.29) is 5.56 Å². The zero-order valence-electron chi connectivity index (χ0n) is 12.6. The average Bonchev–Trinajstić information content (AvgIpc) is 2.47. The number of hydrogen-bond acceptors (Lipinski definition) is 2. The molecule has 1 aliphatic rings. The van der Waals surface area contributed by atoms with Gasteiger partial charge in [-0.3, -0.25) is 4.90 Å². The van der Waals surface area contributed by atoms with Crippen molar-refractivity contribution in [2.45, 2.75) is 39.3 Å². The van der Waals surface area contributed by atoms with Crippen molar-refractivity contribution in [3.05, 3.63) is 33.8 Å². The first-order valence-electron chi connectivity index (χ1n) is 7.55. The number of nitrogens with one attached hydrogen (secondary N) is 1. The molecule has 2 nitrogen and oxygen atoms in total. The van der Waals surface area contributed by atoms with E-state index < -0.39 is 11.6 Å². The van der Waals surface area contributed by atoms with Gasteiger partial charge in [0.05, 0.1) is 4.47 Å². The van der Waals surface area contributed by atoms with Crippen LogP contribution in [0.5, 0.6) is 0 Å². The summed E-state index contributed by atoms with van der Waals surface area (Å²) in [6.45, 7) is 7.47. The van der Waals surface area contributed by atoms with Crippen LogP contribution >= 0.6 is 15.9 Å². The van der Waals surface area contributed by atoms with Gasteiger partial charge in [-0.2, -0.15) is 0 Å². The minimum atomic E-state index is -0.474. The third-order valence-corrected chi connectivity index (χ3v) is 4.66. The van der Waals surface area contributed by atoms with Crippen LogP contribution in [-0.2, 0) is 6.54 Å². The predicted octanol–water partition coefficient (Wildman–Crippen LogP) is 3.94. The fraction of sp³-hybridized carbons (Fsp3) is 0.625. The summed E-state index contributed by atoms with van der Waals surface area (Å²) in [5, 5.41) is 3.46. The topological polar surface area (TPSA) is 15.3 Å². The molecule has 2 rings (SSSR count). The summed E-state index contributed by atoms with van der Waals surface area (Å²) in [5.41, 5.74) is 0.170. The summed E-state index contributed by atoms with van der Waals surface area (Å²) in [4.78, 5) is 2.14. The molecule has 0 bridgehead atoms. The molecule has 5 heteroatoms. The lowest BCUT2D eigenvalue weighted by atomic mass is 9.96. The monoisotopic (exact) mass is 360 g/mol. The molecule has 0 aliphatic carbocycles. The van der Waals surface area contributed by atoms with Crippen molar-refractivity contribution < 1.29 is 8.78 Å². The Morgan fingerprint density at radius 2 is 1.95 bits per heavy atom. The Kier molecular flexibility index (Phi) is 6.14. The lowest BCUT2D eigenvalue weighted by molar-refractivity contribution is 0.170. The molecule has 0 atom stereocenters. The second-order valence-electron chi connectivity index (χ2n) is 6.10. The summed E-state index contributed by atoms with van der Waals surface area (Å²) >= 11 is 3.12. The van der Waals surface area contributed by atoms with Gasteiger partial charge in [-0.1, -0.05) is 13.8 Å². The Balaban J connectivity index is 1.88.